The highest BCUT2D eigenvalue weighted by Gasteiger charge is 2.14. The van der Waals surface area contributed by atoms with Gasteiger partial charge in [0.05, 0.1) is 23.1 Å². The maximum Gasteiger partial charge on any atom is 0.310 e. The van der Waals surface area contributed by atoms with E-state index in [4.69, 9.17) is 27.9 Å². The highest BCUT2D eigenvalue weighted by Crippen LogP contribution is 2.28. The fourth-order valence-electron chi connectivity index (χ4n) is 1.25. The van der Waals surface area contributed by atoms with Crippen LogP contribution in [0.2, 0.25) is 10.0 Å². The summed E-state index contributed by atoms with van der Waals surface area (Å²) in [5, 5.41) is 0.533. The van der Waals surface area contributed by atoms with Crippen LogP contribution in [0.1, 0.15) is 22.8 Å². The van der Waals surface area contributed by atoms with Crippen molar-refractivity contribution >= 4 is 35.5 Å². The third-order valence-electron chi connectivity index (χ3n) is 1.99. The molecule has 0 aliphatic rings. The second-order valence-electron chi connectivity index (χ2n) is 3.03. The highest BCUT2D eigenvalue weighted by molar-refractivity contribution is 6.42. The minimum atomic E-state index is -0.435. The summed E-state index contributed by atoms with van der Waals surface area (Å²) in [7, 11) is 0. The number of rotatable bonds is 4. The molecular weight excluding hydrogens is 251 g/mol. The number of carbonyl (C=O) groups is 2. The van der Waals surface area contributed by atoms with Crippen LogP contribution in [0, 0.1) is 0 Å². The Bertz CT molecular complexity index is 416. The Morgan fingerprint density at radius 1 is 1.44 bits per heavy atom. The monoisotopic (exact) mass is 260 g/mol. The van der Waals surface area contributed by atoms with Gasteiger partial charge in [-0.3, -0.25) is 9.59 Å². The van der Waals surface area contributed by atoms with Crippen molar-refractivity contribution in [3.05, 3.63) is 33.3 Å². The van der Waals surface area contributed by atoms with Gasteiger partial charge in [0, 0.05) is 5.56 Å². The van der Waals surface area contributed by atoms with Crippen molar-refractivity contribution in [3.63, 3.8) is 0 Å². The number of carbonyl (C=O) groups excluding carboxylic acids is 2. The Labute approximate surface area is 103 Å². The average Bonchev–Trinajstić information content (AvgIpc) is 2.25. The number of hydrogen-bond acceptors (Lipinski definition) is 3. The molecule has 0 amide bonds. The first kappa shape index (κ1) is 13.0. The molecule has 16 heavy (non-hydrogen) atoms. The molecule has 0 bridgehead atoms. The molecule has 0 unspecified atom stereocenters. The Morgan fingerprint density at radius 3 is 2.69 bits per heavy atom. The molecule has 0 heterocycles. The van der Waals surface area contributed by atoms with Gasteiger partial charge in [-0.25, -0.2) is 0 Å². The second-order valence-corrected chi connectivity index (χ2v) is 3.81. The van der Waals surface area contributed by atoms with Crippen LogP contribution in [-0.4, -0.2) is 18.9 Å². The van der Waals surface area contributed by atoms with Crippen molar-refractivity contribution in [2.24, 2.45) is 0 Å². The van der Waals surface area contributed by atoms with Crippen LogP contribution in [0.5, 0.6) is 0 Å². The summed E-state index contributed by atoms with van der Waals surface area (Å²) in [4.78, 5) is 22.1. The molecule has 0 N–H and O–H groups in total. The Balaban J connectivity index is 3.05. The molecule has 0 atom stereocenters. The van der Waals surface area contributed by atoms with E-state index in [9.17, 15) is 9.59 Å². The molecule has 86 valence electrons. The molecule has 1 aromatic rings. The van der Waals surface area contributed by atoms with E-state index in [-0.39, 0.29) is 18.1 Å². The first-order valence-corrected chi connectivity index (χ1v) is 5.43. The zero-order valence-corrected chi connectivity index (χ0v) is 10.1. The Morgan fingerprint density at radius 2 is 2.12 bits per heavy atom. The van der Waals surface area contributed by atoms with E-state index in [1.165, 1.54) is 12.1 Å². The van der Waals surface area contributed by atoms with Crippen LogP contribution >= 0.6 is 23.2 Å². The standard InChI is InChI=1S/C11H10Cl2O3/c1-2-16-10(15)5-8-7(6-14)3-4-9(12)11(8)13/h3-4,6H,2,5H2,1H3. The van der Waals surface area contributed by atoms with Gasteiger partial charge in [-0.1, -0.05) is 23.2 Å². The summed E-state index contributed by atoms with van der Waals surface area (Å²) < 4.78 is 4.78. The zero-order valence-electron chi connectivity index (χ0n) is 8.63. The molecule has 0 fully saturated rings. The van der Waals surface area contributed by atoms with Gasteiger partial charge in [0.2, 0.25) is 0 Å². The smallest absolute Gasteiger partial charge is 0.310 e. The lowest BCUT2D eigenvalue weighted by Gasteiger charge is -2.08. The summed E-state index contributed by atoms with van der Waals surface area (Å²) >= 11 is 11.7. The van der Waals surface area contributed by atoms with Gasteiger partial charge in [-0.05, 0) is 24.6 Å². The first-order valence-electron chi connectivity index (χ1n) is 4.67. The maximum absolute atomic E-state index is 11.3. The Hall–Kier alpha value is -1.06. The van der Waals surface area contributed by atoms with Crippen molar-refractivity contribution in [2.45, 2.75) is 13.3 Å². The van der Waals surface area contributed by atoms with E-state index in [1.807, 2.05) is 0 Å². The van der Waals surface area contributed by atoms with E-state index in [0.717, 1.165) is 0 Å². The van der Waals surface area contributed by atoms with Crippen molar-refractivity contribution in [1.82, 2.24) is 0 Å². The van der Waals surface area contributed by atoms with E-state index < -0.39 is 5.97 Å². The molecule has 0 aromatic heterocycles. The predicted octanol–water partition coefficient (Wildman–Crippen LogP) is 2.91. The molecule has 0 saturated heterocycles. The summed E-state index contributed by atoms with van der Waals surface area (Å²) in [6, 6.07) is 3.04. The number of aldehydes is 1. The fraction of sp³-hybridized carbons (Fsp3) is 0.273. The van der Waals surface area contributed by atoms with Crippen LogP contribution < -0.4 is 0 Å². The third-order valence-corrected chi connectivity index (χ3v) is 2.83. The van der Waals surface area contributed by atoms with Crippen LogP contribution in [0.25, 0.3) is 0 Å². The Kier molecular flexibility index (Phi) is 4.77. The molecule has 0 saturated carbocycles. The lowest BCUT2D eigenvalue weighted by molar-refractivity contribution is -0.142. The number of benzene rings is 1. The van der Waals surface area contributed by atoms with Crippen LogP contribution in [0.4, 0.5) is 0 Å². The van der Waals surface area contributed by atoms with Crippen LogP contribution in [0.15, 0.2) is 12.1 Å². The summed E-state index contributed by atoms with van der Waals surface area (Å²) in [6.45, 7) is 1.99. The summed E-state index contributed by atoms with van der Waals surface area (Å²) in [5.74, 6) is -0.435. The van der Waals surface area contributed by atoms with E-state index >= 15 is 0 Å². The van der Waals surface area contributed by atoms with Crippen molar-refractivity contribution in [1.29, 1.82) is 0 Å². The number of hydrogen-bond donors (Lipinski definition) is 0. The van der Waals surface area contributed by atoms with Gasteiger partial charge < -0.3 is 4.74 Å². The first-order chi connectivity index (χ1) is 7.60. The third kappa shape index (κ3) is 2.97. The maximum atomic E-state index is 11.3. The fourth-order valence-corrected chi connectivity index (χ4v) is 1.67. The topological polar surface area (TPSA) is 43.4 Å². The van der Waals surface area contributed by atoms with Crippen molar-refractivity contribution < 1.29 is 14.3 Å². The second kappa shape index (κ2) is 5.87. The largest absolute Gasteiger partial charge is 0.466 e. The molecule has 1 aromatic carbocycles. The number of esters is 1. The lowest BCUT2D eigenvalue weighted by Crippen LogP contribution is -2.09. The normalized spacial score (nSPS) is 9.94. The zero-order chi connectivity index (χ0) is 12.1. The van der Waals surface area contributed by atoms with Crippen molar-refractivity contribution in [2.75, 3.05) is 6.61 Å². The molecule has 0 aliphatic carbocycles. The van der Waals surface area contributed by atoms with Gasteiger partial charge in [0.1, 0.15) is 6.29 Å². The van der Waals surface area contributed by atoms with E-state index in [1.54, 1.807) is 6.92 Å². The van der Waals surface area contributed by atoms with Crippen LogP contribution in [-0.2, 0) is 16.0 Å². The molecule has 1 rings (SSSR count). The number of ether oxygens (including phenoxy) is 1. The molecule has 0 radical (unpaired) electrons. The molecular formula is C11H10Cl2O3. The predicted molar refractivity (Wildman–Crippen MR) is 62.2 cm³/mol. The van der Waals surface area contributed by atoms with E-state index in [0.29, 0.717) is 22.4 Å². The molecule has 0 spiro atoms. The molecule has 0 aliphatic heterocycles. The quantitative estimate of drug-likeness (QED) is 0.618. The van der Waals surface area contributed by atoms with Gasteiger partial charge in [-0.2, -0.15) is 0 Å². The average molecular weight is 261 g/mol. The van der Waals surface area contributed by atoms with Crippen molar-refractivity contribution in [3.8, 4) is 0 Å². The lowest BCUT2D eigenvalue weighted by atomic mass is 10.1. The van der Waals surface area contributed by atoms with Gasteiger partial charge >= 0.3 is 5.97 Å². The highest BCUT2D eigenvalue weighted by atomic mass is 35.5. The van der Waals surface area contributed by atoms with Crippen LogP contribution in [0.3, 0.4) is 0 Å². The minimum Gasteiger partial charge on any atom is -0.466 e. The van der Waals surface area contributed by atoms with Gasteiger partial charge in [-0.15, -0.1) is 0 Å². The summed E-state index contributed by atoms with van der Waals surface area (Å²) in [5.41, 5.74) is 0.755. The summed E-state index contributed by atoms with van der Waals surface area (Å²) in [6.07, 6.45) is 0.581. The molecule has 5 heteroatoms. The molecule has 3 nitrogen and oxygen atoms in total. The minimum absolute atomic E-state index is 0.0543. The van der Waals surface area contributed by atoms with Gasteiger partial charge in [0.25, 0.3) is 0 Å². The SMILES string of the molecule is CCOC(=O)Cc1c(C=O)ccc(Cl)c1Cl. The van der Waals surface area contributed by atoms with Gasteiger partial charge in [0.15, 0.2) is 0 Å². The number of halogens is 2. The van der Waals surface area contributed by atoms with E-state index in [2.05, 4.69) is 0 Å².